The number of nitrogens with one attached hydrogen (secondary N) is 1. The molecule has 0 radical (unpaired) electrons. The molecule has 5 nitrogen and oxygen atoms in total. The highest BCUT2D eigenvalue weighted by molar-refractivity contribution is 7.99. The lowest BCUT2D eigenvalue weighted by Gasteiger charge is -1.95. The lowest BCUT2D eigenvalue weighted by Crippen LogP contribution is -2.08. The van der Waals surface area contributed by atoms with E-state index in [1.54, 1.807) is 0 Å². The molecule has 0 unspecified atom stereocenters. The summed E-state index contributed by atoms with van der Waals surface area (Å²) in [5, 5.41) is 16.1. The minimum atomic E-state index is -0.253. The van der Waals surface area contributed by atoms with Gasteiger partial charge in [-0.2, -0.15) is 5.10 Å². The van der Waals surface area contributed by atoms with E-state index in [4.69, 9.17) is 5.11 Å². The molecule has 0 bridgehead atoms. The molecule has 0 atom stereocenters. The van der Waals surface area contributed by atoms with Crippen LogP contribution in [0.3, 0.4) is 0 Å². The number of H-pyrrole nitrogens is 1. The van der Waals surface area contributed by atoms with Gasteiger partial charge < -0.3 is 5.11 Å². The maximum absolute atomic E-state index is 10.7. The van der Waals surface area contributed by atoms with Crippen LogP contribution in [0, 0.1) is 0 Å². The number of rotatable bonds is 4. The first-order valence-corrected chi connectivity index (χ1v) is 4.47. The Bertz CT molecular complexity index is 288. The highest BCUT2D eigenvalue weighted by Crippen LogP contribution is 2.09. The van der Waals surface area contributed by atoms with Crippen LogP contribution in [-0.2, 0) is 0 Å². The number of aliphatic hydroxyl groups excluding tert-OH is 1. The second-order valence-electron chi connectivity index (χ2n) is 2.06. The number of aromatic amines is 1. The lowest BCUT2D eigenvalue weighted by molar-refractivity contribution is 0.296. The van der Waals surface area contributed by atoms with E-state index in [1.807, 2.05) is 0 Å². The summed E-state index contributed by atoms with van der Waals surface area (Å²) in [6, 6.07) is 0. The predicted octanol–water partition coefficient (Wildman–Crippen LogP) is -0.361. The summed E-state index contributed by atoms with van der Waals surface area (Å²) in [7, 11) is 0. The van der Waals surface area contributed by atoms with Crippen molar-refractivity contribution in [3.05, 3.63) is 16.6 Å². The van der Waals surface area contributed by atoms with Crippen molar-refractivity contribution < 1.29 is 5.11 Å². The van der Waals surface area contributed by atoms with Crippen molar-refractivity contribution in [2.45, 2.75) is 11.6 Å². The van der Waals surface area contributed by atoms with Gasteiger partial charge in [0, 0.05) is 12.4 Å². The van der Waals surface area contributed by atoms with Gasteiger partial charge in [-0.25, -0.2) is 0 Å². The van der Waals surface area contributed by atoms with Crippen molar-refractivity contribution in [1.29, 1.82) is 0 Å². The fourth-order valence-electron chi connectivity index (χ4n) is 0.595. The minimum absolute atomic E-state index is 0.150. The first-order valence-electron chi connectivity index (χ1n) is 3.48. The van der Waals surface area contributed by atoms with Gasteiger partial charge in [0.2, 0.25) is 0 Å². The molecule has 1 aromatic rings. The van der Waals surface area contributed by atoms with Gasteiger partial charge in [-0.1, -0.05) is 11.8 Å². The molecule has 0 saturated heterocycles. The monoisotopic (exact) mass is 187 g/mol. The molecular weight excluding hydrogens is 178 g/mol. The third kappa shape index (κ3) is 3.02. The van der Waals surface area contributed by atoms with Crippen molar-refractivity contribution in [3.8, 4) is 0 Å². The molecule has 1 rings (SSSR count). The van der Waals surface area contributed by atoms with Crippen molar-refractivity contribution in [1.82, 2.24) is 15.2 Å². The van der Waals surface area contributed by atoms with Gasteiger partial charge in [0.05, 0.1) is 0 Å². The third-order valence-electron chi connectivity index (χ3n) is 1.09. The SMILES string of the molecule is O=c1cnnc(SCCCO)[nH]1. The van der Waals surface area contributed by atoms with E-state index in [1.165, 1.54) is 11.8 Å². The number of aromatic nitrogens is 3. The van der Waals surface area contributed by atoms with Crippen LogP contribution in [0.4, 0.5) is 0 Å². The summed E-state index contributed by atoms with van der Waals surface area (Å²) in [4.78, 5) is 13.2. The summed E-state index contributed by atoms with van der Waals surface area (Å²) in [6.07, 6.45) is 1.80. The largest absolute Gasteiger partial charge is 0.396 e. The molecule has 0 aliphatic heterocycles. The number of aliphatic hydroxyl groups is 1. The Morgan fingerprint density at radius 1 is 1.67 bits per heavy atom. The Morgan fingerprint density at radius 2 is 2.50 bits per heavy atom. The quantitative estimate of drug-likeness (QED) is 0.497. The van der Waals surface area contributed by atoms with E-state index in [9.17, 15) is 4.79 Å². The molecule has 1 aromatic heterocycles. The van der Waals surface area contributed by atoms with E-state index in [0.717, 1.165) is 11.9 Å². The number of nitrogens with zero attached hydrogens (tertiary/aromatic N) is 2. The Labute approximate surface area is 73.2 Å². The molecule has 0 saturated carbocycles. The molecule has 0 amide bonds. The molecule has 0 aromatic carbocycles. The lowest BCUT2D eigenvalue weighted by atomic mass is 10.5. The van der Waals surface area contributed by atoms with Gasteiger partial charge in [0.15, 0.2) is 5.16 Å². The Balaban J connectivity index is 2.47. The first kappa shape index (κ1) is 9.21. The van der Waals surface area contributed by atoms with E-state index in [-0.39, 0.29) is 12.2 Å². The number of hydrogen-bond acceptors (Lipinski definition) is 5. The molecule has 0 fully saturated rings. The maximum atomic E-state index is 10.7. The second-order valence-corrected chi connectivity index (χ2v) is 3.15. The van der Waals surface area contributed by atoms with Gasteiger partial charge in [-0.3, -0.25) is 9.78 Å². The zero-order valence-electron chi connectivity index (χ0n) is 6.36. The van der Waals surface area contributed by atoms with Crippen LogP contribution in [-0.4, -0.2) is 32.6 Å². The average molecular weight is 187 g/mol. The number of hydrogen-bond donors (Lipinski definition) is 2. The van der Waals surface area contributed by atoms with Crippen LogP contribution in [0.5, 0.6) is 0 Å². The van der Waals surface area contributed by atoms with Crippen LogP contribution < -0.4 is 5.56 Å². The van der Waals surface area contributed by atoms with E-state index >= 15 is 0 Å². The Hall–Kier alpha value is -0.880. The molecule has 1 heterocycles. The van der Waals surface area contributed by atoms with E-state index in [0.29, 0.717) is 11.6 Å². The van der Waals surface area contributed by atoms with Crippen LogP contribution in [0.1, 0.15) is 6.42 Å². The standard InChI is InChI=1S/C6H9N3O2S/c10-2-1-3-12-6-8-5(11)4-7-9-6/h4,10H,1-3H2,(H,8,9,11). The summed E-state index contributed by atoms with van der Waals surface area (Å²) in [6.45, 7) is 0.150. The topological polar surface area (TPSA) is 78.9 Å². The number of thioether (sulfide) groups is 1. The second kappa shape index (κ2) is 4.89. The van der Waals surface area contributed by atoms with Gasteiger partial charge in [-0.15, -0.1) is 5.10 Å². The normalized spacial score (nSPS) is 10.1. The van der Waals surface area contributed by atoms with Crippen molar-refractivity contribution in [2.75, 3.05) is 12.4 Å². The smallest absolute Gasteiger partial charge is 0.270 e. The molecule has 0 spiro atoms. The molecule has 2 N–H and O–H groups in total. The van der Waals surface area contributed by atoms with Crippen LogP contribution in [0.2, 0.25) is 0 Å². The molecule has 66 valence electrons. The van der Waals surface area contributed by atoms with Crippen molar-refractivity contribution in [3.63, 3.8) is 0 Å². The highest BCUT2D eigenvalue weighted by Gasteiger charge is 1.95. The fraction of sp³-hybridized carbons (Fsp3) is 0.500. The van der Waals surface area contributed by atoms with Crippen LogP contribution in [0.25, 0.3) is 0 Å². The van der Waals surface area contributed by atoms with Crippen LogP contribution >= 0.6 is 11.8 Å². The predicted molar refractivity (Wildman–Crippen MR) is 45.1 cm³/mol. The van der Waals surface area contributed by atoms with Crippen LogP contribution in [0.15, 0.2) is 16.1 Å². The molecule has 12 heavy (non-hydrogen) atoms. The van der Waals surface area contributed by atoms with Crippen molar-refractivity contribution >= 4 is 11.8 Å². The third-order valence-corrected chi connectivity index (χ3v) is 2.04. The summed E-state index contributed by atoms with van der Waals surface area (Å²) >= 11 is 1.37. The summed E-state index contributed by atoms with van der Waals surface area (Å²) < 4.78 is 0. The molecule has 6 heteroatoms. The zero-order chi connectivity index (χ0) is 8.81. The molecular formula is C6H9N3O2S. The Kier molecular flexibility index (Phi) is 3.75. The fourth-order valence-corrected chi connectivity index (χ4v) is 1.34. The summed E-state index contributed by atoms with van der Waals surface area (Å²) in [5.41, 5.74) is -0.253. The van der Waals surface area contributed by atoms with E-state index in [2.05, 4.69) is 15.2 Å². The van der Waals surface area contributed by atoms with Crippen molar-refractivity contribution in [2.24, 2.45) is 0 Å². The molecule has 0 aliphatic rings. The highest BCUT2D eigenvalue weighted by atomic mass is 32.2. The van der Waals surface area contributed by atoms with E-state index < -0.39 is 0 Å². The Morgan fingerprint density at radius 3 is 3.17 bits per heavy atom. The first-order chi connectivity index (χ1) is 5.83. The van der Waals surface area contributed by atoms with Gasteiger partial charge in [0.1, 0.15) is 6.20 Å². The van der Waals surface area contributed by atoms with Gasteiger partial charge in [0.25, 0.3) is 5.56 Å². The maximum Gasteiger partial charge on any atom is 0.270 e. The van der Waals surface area contributed by atoms with Gasteiger partial charge >= 0.3 is 0 Å². The van der Waals surface area contributed by atoms with Gasteiger partial charge in [-0.05, 0) is 6.42 Å². The average Bonchev–Trinajstić information content (AvgIpc) is 2.05. The summed E-state index contributed by atoms with van der Waals surface area (Å²) in [5.74, 6) is 0.727. The minimum Gasteiger partial charge on any atom is -0.396 e. The molecule has 0 aliphatic carbocycles. The zero-order valence-corrected chi connectivity index (χ0v) is 7.17.